The highest BCUT2D eigenvalue weighted by Gasteiger charge is 2.07. The second-order valence-corrected chi connectivity index (χ2v) is 3.90. The van der Waals surface area contributed by atoms with Gasteiger partial charge in [0.25, 0.3) is 0 Å². The predicted octanol–water partition coefficient (Wildman–Crippen LogP) is 2.35. The fourth-order valence-corrected chi connectivity index (χ4v) is 1.49. The third kappa shape index (κ3) is 4.88. The molecular formula is C11H16ClNO2. The highest BCUT2D eigenvalue weighted by molar-refractivity contribution is 6.18. The molecule has 0 aliphatic rings. The van der Waals surface area contributed by atoms with E-state index in [1.165, 1.54) is 0 Å². The zero-order valence-electron chi connectivity index (χ0n) is 8.83. The molecule has 0 radical (unpaired) electrons. The summed E-state index contributed by atoms with van der Waals surface area (Å²) in [6.07, 6.45) is 3.76. The SMILES string of the molecule is CC(CCc1ccco1)NC(=O)CCCl. The van der Waals surface area contributed by atoms with E-state index in [9.17, 15) is 4.79 Å². The molecule has 0 spiro atoms. The molecule has 0 bridgehead atoms. The van der Waals surface area contributed by atoms with E-state index in [0.29, 0.717) is 12.3 Å². The molecular weight excluding hydrogens is 214 g/mol. The van der Waals surface area contributed by atoms with Crippen LogP contribution in [-0.2, 0) is 11.2 Å². The standard InChI is InChI=1S/C11H16ClNO2/c1-9(13-11(14)6-7-12)4-5-10-3-2-8-15-10/h2-3,8-9H,4-7H2,1H3,(H,13,14). The molecule has 4 heteroatoms. The highest BCUT2D eigenvalue weighted by Crippen LogP contribution is 2.05. The summed E-state index contributed by atoms with van der Waals surface area (Å²) in [4.78, 5) is 11.2. The van der Waals surface area contributed by atoms with Crippen LogP contribution in [0, 0.1) is 0 Å². The number of hydrogen-bond acceptors (Lipinski definition) is 2. The third-order valence-corrected chi connectivity index (χ3v) is 2.32. The predicted molar refractivity (Wildman–Crippen MR) is 60.0 cm³/mol. The zero-order chi connectivity index (χ0) is 11.1. The van der Waals surface area contributed by atoms with Gasteiger partial charge in [0, 0.05) is 24.8 Å². The van der Waals surface area contributed by atoms with Gasteiger partial charge in [-0.15, -0.1) is 11.6 Å². The Hall–Kier alpha value is -0.960. The fraction of sp³-hybridized carbons (Fsp3) is 0.545. The van der Waals surface area contributed by atoms with Gasteiger partial charge in [0.05, 0.1) is 6.26 Å². The van der Waals surface area contributed by atoms with Gasteiger partial charge in [0.15, 0.2) is 0 Å². The van der Waals surface area contributed by atoms with E-state index in [2.05, 4.69) is 5.32 Å². The second kappa shape index (κ2) is 6.51. The summed E-state index contributed by atoms with van der Waals surface area (Å²) in [5, 5.41) is 2.88. The number of carbonyl (C=O) groups is 1. The van der Waals surface area contributed by atoms with Crippen LogP contribution in [-0.4, -0.2) is 17.8 Å². The first-order valence-electron chi connectivity index (χ1n) is 5.10. The van der Waals surface area contributed by atoms with Crippen molar-refractivity contribution in [2.75, 3.05) is 5.88 Å². The lowest BCUT2D eigenvalue weighted by molar-refractivity contribution is -0.121. The Morgan fingerprint density at radius 2 is 2.47 bits per heavy atom. The van der Waals surface area contributed by atoms with Crippen LogP contribution < -0.4 is 5.32 Å². The van der Waals surface area contributed by atoms with E-state index in [0.717, 1.165) is 18.6 Å². The zero-order valence-corrected chi connectivity index (χ0v) is 9.59. The molecule has 0 aliphatic heterocycles. The molecule has 1 aromatic rings. The van der Waals surface area contributed by atoms with Gasteiger partial charge in [0.2, 0.25) is 5.91 Å². The number of amides is 1. The minimum atomic E-state index is 0.0111. The third-order valence-electron chi connectivity index (χ3n) is 2.13. The Bertz CT molecular complexity index is 285. The van der Waals surface area contributed by atoms with E-state index in [4.69, 9.17) is 16.0 Å². The first-order valence-corrected chi connectivity index (χ1v) is 5.63. The van der Waals surface area contributed by atoms with Gasteiger partial charge in [-0.3, -0.25) is 4.79 Å². The fourth-order valence-electron chi connectivity index (χ4n) is 1.32. The number of carbonyl (C=O) groups excluding carboxylic acids is 1. The molecule has 84 valence electrons. The quantitative estimate of drug-likeness (QED) is 0.761. The molecule has 0 aromatic carbocycles. The average Bonchev–Trinajstić information content (AvgIpc) is 2.67. The molecule has 1 rings (SSSR count). The summed E-state index contributed by atoms with van der Waals surface area (Å²) in [5.41, 5.74) is 0. The molecule has 1 atom stereocenters. The Labute approximate surface area is 94.8 Å². The van der Waals surface area contributed by atoms with Gasteiger partial charge in [-0.05, 0) is 25.5 Å². The summed E-state index contributed by atoms with van der Waals surface area (Å²) in [7, 11) is 0. The normalized spacial score (nSPS) is 12.4. The Kier molecular flexibility index (Phi) is 5.26. The average molecular weight is 230 g/mol. The van der Waals surface area contributed by atoms with Crippen molar-refractivity contribution in [3.63, 3.8) is 0 Å². The van der Waals surface area contributed by atoms with Crippen LogP contribution in [0.1, 0.15) is 25.5 Å². The van der Waals surface area contributed by atoms with E-state index in [-0.39, 0.29) is 11.9 Å². The lowest BCUT2D eigenvalue weighted by Gasteiger charge is -2.12. The van der Waals surface area contributed by atoms with Crippen molar-refractivity contribution in [1.29, 1.82) is 0 Å². The number of alkyl halides is 1. The molecule has 1 amide bonds. The smallest absolute Gasteiger partial charge is 0.221 e. The van der Waals surface area contributed by atoms with Crippen LogP contribution in [0.15, 0.2) is 22.8 Å². The van der Waals surface area contributed by atoms with Crippen LogP contribution in [0.25, 0.3) is 0 Å². The molecule has 1 aromatic heterocycles. The Morgan fingerprint density at radius 3 is 3.07 bits per heavy atom. The maximum absolute atomic E-state index is 11.2. The van der Waals surface area contributed by atoms with Crippen molar-refractivity contribution in [2.24, 2.45) is 0 Å². The minimum absolute atomic E-state index is 0.0111. The molecule has 1 heterocycles. The van der Waals surface area contributed by atoms with Crippen molar-refractivity contribution < 1.29 is 9.21 Å². The van der Waals surface area contributed by atoms with Gasteiger partial charge in [0.1, 0.15) is 5.76 Å². The maximum atomic E-state index is 11.2. The van der Waals surface area contributed by atoms with Crippen molar-refractivity contribution in [1.82, 2.24) is 5.32 Å². The van der Waals surface area contributed by atoms with Gasteiger partial charge >= 0.3 is 0 Å². The van der Waals surface area contributed by atoms with Gasteiger partial charge in [-0.2, -0.15) is 0 Å². The second-order valence-electron chi connectivity index (χ2n) is 3.53. The summed E-state index contributed by atoms with van der Waals surface area (Å²) in [6, 6.07) is 3.96. The molecule has 3 nitrogen and oxygen atoms in total. The van der Waals surface area contributed by atoms with E-state index >= 15 is 0 Å². The number of furan rings is 1. The Morgan fingerprint density at radius 1 is 1.67 bits per heavy atom. The lowest BCUT2D eigenvalue weighted by Crippen LogP contribution is -2.32. The van der Waals surface area contributed by atoms with Crippen molar-refractivity contribution in [2.45, 2.75) is 32.2 Å². The molecule has 0 saturated carbocycles. The number of halogens is 1. The molecule has 1 unspecified atom stereocenters. The topological polar surface area (TPSA) is 42.2 Å². The van der Waals surface area contributed by atoms with Crippen LogP contribution in [0.2, 0.25) is 0 Å². The minimum Gasteiger partial charge on any atom is -0.469 e. The van der Waals surface area contributed by atoms with Gasteiger partial charge in [-0.25, -0.2) is 0 Å². The van der Waals surface area contributed by atoms with Gasteiger partial charge in [-0.1, -0.05) is 0 Å². The van der Waals surface area contributed by atoms with Crippen molar-refractivity contribution in [3.05, 3.63) is 24.2 Å². The maximum Gasteiger partial charge on any atom is 0.221 e. The molecule has 15 heavy (non-hydrogen) atoms. The Balaban J connectivity index is 2.18. The summed E-state index contributed by atoms with van der Waals surface area (Å²) < 4.78 is 5.20. The number of nitrogens with one attached hydrogen (secondary N) is 1. The van der Waals surface area contributed by atoms with Crippen LogP contribution in [0.3, 0.4) is 0 Å². The van der Waals surface area contributed by atoms with E-state index in [1.807, 2.05) is 19.1 Å². The number of aryl methyl sites for hydroxylation is 1. The largest absolute Gasteiger partial charge is 0.469 e. The summed E-state index contributed by atoms with van der Waals surface area (Å²) >= 11 is 5.46. The van der Waals surface area contributed by atoms with Crippen LogP contribution in [0.4, 0.5) is 0 Å². The summed E-state index contributed by atoms with van der Waals surface area (Å²) in [6.45, 7) is 1.98. The van der Waals surface area contributed by atoms with Crippen LogP contribution in [0.5, 0.6) is 0 Å². The molecule has 0 saturated heterocycles. The molecule has 0 aliphatic carbocycles. The molecule has 1 N–H and O–H groups in total. The highest BCUT2D eigenvalue weighted by atomic mass is 35.5. The number of rotatable bonds is 6. The first kappa shape index (κ1) is 12.1. The number of hydrogen-bond donors (Lipinski definition) is 1. The monoisotopic (exact) mass is 229 g/mol. The van der Waals surface area contributed by atoms with Crippen LogP contribution >= 0.6 is 11.6 Å². The van der Waals surface area contributed by atoms with E-state index < -0.39 is 0 Å². The lowest BCUT2D eigenvalue weighted by atomic mass is 10.1. The van der Waals surface area contributed by atoms with Gasteiger partial charge < -0.3 is 9.73 Å². The molecule has 0 fully saturated rings. The summed E-state index contributed by atoms with van der Waals surface area (Å²) in [5.74, 6) is 1.34. The van der Waals surface area contributed by atoms with E-state index in [1.54, 1.807) is 6.26 Å². The van der Waals surface area contributed by atoms with Crippen molar-refractivity contribution >= 4 is 17.5 Å². The van der Waals surface area contributed by atoms with Crippen molar-refractivity contribution in [3.8, 4) is 0 Å². The first-order chi connectivity index (χ1) is 7.22.